The van der Waals surface area contributed by atoms with Gasteiger partial charge in [0, 0.05) is 15.4 Å². The van der Waals surface area contributed by atoms with E-state index in [0.29, 0.717) is 12.0 Å². The number of hydrogen-bond acceptors (Lipinski definition) is 2. The van der Waals surface area contributed by atoms with Crippen molar-refractivity contribution in [1.82, 2.24) is 5.32 Å². The van der Waals surface area contributed by atoms with E-state index in [-0.39, 0.29) is 0 Å². The van der Waals surface area contributed by atoms with E-state index in [1.165, 1.54) is 15.8 Å². The second-order valence-corrected chi connectivity index (χ2v) is 5.97. The molecule has 0 aromatic carbocycles. The highest BCUT2D eigenvalue weighted by molar-refractivity contribution is 9.10. The molecule has 2 unspecified atom stereocenters. The summed E-state index contributed by atoms with van der Waals surface area (Å²) < 4.78 is 1.27. The van der Waals surface area contributed by atoms with Crippen LogP contribution >= 0.6 is 27.3 Å². The zero-order valence-electron chi connectivity index (χ0n) is 9.72. The zero-order valence-corrected chi connectivity index (χ0v) is 12.1. The molecular weight excluding hydrogens is 270 g/mol. The third-order valence-electron chi connectivity index (χ3n) is 2.77. The summed E-state index contributed by atoms with van der Waals surface area (Å²) in [4.78, 5) is 1.47. The maximum absolute atomic E-state index is 3.59. The van der Waals surface area contributed by atoms with Crippen molar-refractivity contribution in [2.45, 2.75) is 39.7 Å². The summed E-state index contributed by atoms with van der Waals surface area (Å²) in [5.41, 5.74) is 0. The van der Waals surface area contributed by atoms with Crippen LogP contribution in [0.4, 0.5) is 0 Å². The minimum Gasteiger partial charge on any atom is -0.314 e. The summed E-state index contributed by atoms with van der Waals surface area (Å²) >= 11 is 5.43. The van der Waals surface area contributed by atoms with Crippen molar-refractivity contribution in [3.05, 3.63) is 20.8 Å². The van der Waals surface area contributed by atoms with E-state index >= 15 is 0 Å². The molecule has 0 fully saturated rings. The van der Waals surface area contributed by atoms with Gasteiger partial charge in [-0.1, -0.05) is 13.8 Å². The molecule has 1 aromatic heterocycles. The summed E-state index contributed by atoms with van der Waals surface area (Å²) in [5, 5.41) is 5.70. The van der Waals surface area contributed by atoms with Crippen molar-refractivity contribution in [1.29, 1.82) is 0 Å². The van der Waals surface area contributed by atoms with Crippen molar-refractivity contribution < 1.29 is 0 Å². The standard InChI is InChI=1S/C12H20BrNS/c1-4-6-14-10(3)9(2)8-12-11(13)5-7-15-12/h5,7,9-10,14H,4,6,8H2,1-3H3. The summed E-state index contributed by atoms with van der Waals surface area (Å²) in [5.74, 6) is 0.687. The molecule has 0 aliphatic carbocycles. The van der Waals surface area contributed by atoms with Crippen molar-refractivity contribution in [3.63, 3.8) is 0 Å². The highest BCUT2D eigenvalue weighted by Gasteiger charge is 2.13. The van der Waals surface area contributed by atoms with Gasteiger partial charge in [-0.3, -0.25) is 0 Å². The Labute approximate surface area is 105 Å². The Morgan fingerprint density at radius 1 is 1.47 bits per heavy atom. The molecule has 1 N–H and O–H groups in total. The summed E-state index contributed by atoms with van der Waals surface area (Å²) in [6.07, 6.45) is 2.37. The molecule has 0 saturated heterocycles. The van der Waals surface area contributed by atoms with E-state index in [4.69, 9.17) is 0 Å². The lowest BCUT2D eigenvalue weighted by Gasteiger charge is -2.20. The van der Waals surface area contributed by atoms with E-state index < -0.39 is 0 Å². The van der Waals surface area contributed by atoms with Gasteiger partial charge < -0.3 is 5.32 Å². The van der Waals surface area contributed by atoms with Gasteiger partial charge in [0.25, 0.3) is 0 Å². The van der Waals surface area contributed by atoms with Gasteiger partial charge in [0.15, 0.2) is 0 Å². The SMILES string of the molecule is CCCNC(C)C(C)Cc1sccc1Br. The van der Waals surface area contributed by atoms with Gasteiger partial charge >= 0.3 is 0 Å². The molecule has 0 saturated carbocycles. The first-order chi connectivity index (χ1) is 7.15. The zero-order chi connectivity index (χ0) is 11.3. The highest BCUT2D eigenvalue weighted by atomic mass is 79.9. The molecule has 1 rings (SSSR count). The van der Waals surface area contributed by atoms with Crippen LogP contribution in [0.25, 0.3) is 0 Å². The van der Waals surface area contributed by atoms with Crippen LogP contribution < -0.4 is 5.32 Å². The first-order valence-corrected chi connectivity index (χ1v) is 7.27. The van der Waals surface area contributed by atoms with Crippen LogP contribution in [0.15, 0.2) is 15.9 Å². The Bertz CT molecular complexity index is 285. The van der Waals surface area contributed by atoms with E-state index in [1.54, 1.807) is 0 Å². The van der Waals surface area contributed by atoms with Gasteiger partial charge in [-0.2, -0.15) is 0 Å². The molecular formula is C12H20BrNS. The van der Waals surface area contributed by atoms with Crippen LogP contribution in [0.2, 0.25) is 0 Å². The van der Waals surface area contributed by atoms with Crippen molar-refractivity contribution in [3.8, 4) is 0 Å². The normalized spacial score (nSPS) is 15.2. The van der Waals surface area contributed by atoms with Crippen LogP contribution in [0.5, 0.6) is 0 Å². The maximum Gasteiger partial charge on any atom is 0.0314 e. The monoisotopic (exact) mass is 289 g/mol. The predicted molar refractivity (Wildman–Crippen MR) is 72.6 cm³/mol. The third-order valence-corrected chi connectivity index (χ3v) is 4.72. The van der Waals surface area contributed by atoms with Crippen LogP contribution in [-0.4, -0.2) is 12.6 Å². The number of thiophene rings is 1. The molecule has 1 heterocycles. The van der Waals surface area contributed by atoms with Crippen LogP contribution in [0, 0.1) is 5.92 Å². The second kappa shape index (κ2) is 6.66. The summed E-state index contributed by atoms with van der Waals surface area (Å²) in [7, 11) is 0. The molecule has 0 amide bonds. The Balaban J connectivity index is 2.41. The summed E-state index contributed by atoms with van der Waals surface area (Å²) in [6.45, 7) is 7.93. The number of hydrogen-bond donors (Lipinski definition) is 1. The van der Waals surface area contributed by atoms with Crippen molar-refractivity contribution >= 4 is 27.3 Å². The van der Waals surface area contributed by atoms with Gasteiger partial charge in [-0.15, -0.1) is 11.3 Å². The predicted octanol–water partition coefficient (Wildman–Crippen LogP) is 4.08. The average Bonchev–Trinajstić information content (AvgIpc) is 2.61. The molecule has 0 aliphatic heterocycles. The maximum atomic E-state index is 3.59. The Morgan fingerprint density at radius 3 is 2.73 bits per heavy atom. The van der Waals surface area contributed by atoms with Gasteiger partial charge in [0.1, 0.15) is 0 Å². The van der Waals surface area contributed by atoms with Gasteiger partial charge in [0.05, 0.1) is 0 Å². The smallest absolute Gasteiger partial charge is 0.0314 e. The first kappa shape index (κ1) is 13.2. The van der Waals surface area contributed by atoms with Crippen LogP contribution in [-0.2, 0) is 6.42 Å². The van der Waals surface area contributed by atoms with Crippen LogP contribution in [0.1, 0.15) is 32.1 Å². The first-order valence-electron chi connectivity index (χ1n) is 5.60. The lowest BCUT2D eigenvalue weighted by molar-refractivity contribution is 0.400. The molecule has 1 aromatic rings. The molecule has 1 nitrogen and oxygen atoms in total. The molecule has 15 heavy (non-hydrogen) atoms. The average molecular weight is 290 g/mol. The van der Waals surface area contributed by atoms with Crippen LogP contribution in [0.3, 0.4) is 0 Å². The minimum atomic E-state index is 0.596. The Hall–Kier alpha value is 0.140. The molecule has 0 radical (unpaired) electrons. The summed E-state index contributed by atoms with van der Waals surface area (Å²) in [6, 6.07) is 2.73. The van der Waals surface area contributed by atoms with E-state index in [9.17, 15) is 0 Å². The highest BCUT2D eigenvalue weighted by Crippen LogP contribution is 2.26. The largest absolute Gasteiger partial charge is 0.314 e. The molecule has 0 aliphatic rings. The van der Waals surface area contributed by atoms with Crippen molar-refractivity contribution in [2.75, 3.05) is 6.54 Å². The minimum absolute atomic E-state index is 0.596. The number of rotatable bonds is 6. The fourth-order valence-corrected chi connectivity index (χ4v) is 3.17. The lowest BCUT2D eigenvalue weighted by Crippen LogP contribution is -2.33. The van der Waals surface area contributed by atoms with E-state index in [1.807, 2.05) is 11.3 Å². The molecule has 2 atom stereocenters. The molecule has 0 spiro atoms. The fraction of sp³-hybridized carbons (Fsp3) is 0.667. The fourth-order valence-electron chi connectivity index (χ4n) is 1.51. The van der Waals surface area contributed by atoms with Crippen molar-refractivity contribution in [2.24, 2.45) is 5.92 Å². The number of nitrogens with one attached hydrogen (secondary N) is 1. The molecule has 86 valence electrons. The number of halogens is 1. The Morgan fingerprint density at radius 2 is 2.20 bits per heavy atom. The molecule has 3 heteroatoms. The van der Waals surface area contributed by atoms with Gasteiger partial charge in [-0.05, 0) is 59.6 Å². The van der Waals surface area contributed by atoms with Gasteiger partial charge in [0.2, 0.25) is 0 Å². The third kappa shape index (κ3) is 4.25. The van der Waals surface area contributed by atoms with E-state index in [0.717, 1.165) is 13.0 Å². The molecule has 0 bridgehead atoms. The quantitative estimate of drug-likeness (QED) is 0.832. The topological polar surface area (TPSA) is 12.0 Å². The second-order valence-electron chi connectivity index (χ2n) is 4.12. The lowest BCUT2D eigenvalue weighted by atomic mass is 9.99. The van der Waals surface area contributed by atoms with E-state index in [2.05, 4.69) is 53.5 Å². The Kier molecular flexibility index (Phi) is 5.87. The van der Waals surface area contributed by atoms with Gasteiger partial charge in [-0.25, -0.2) is 0 Å².